The number of hydrogen-bond acceptors (Lipinski definition) is 4. The van der Waals surface area contributed by atoms with Crippen LogP contribution in [-0.4, -0.2) is 60.8 Å². The Labute approximate surface area is 152 Å². The highest BCUT2D eigenvalue weighted by Gasteiger charge is 2.26. The van der Waals surface area contributed by atoms with Crippen molar-refractivity contribution in [1.82, 2.24) is 10.2 Å². The van der Waals surface area contributed by atoms with Crippen molar-refractivity contribution in [3.05, 3.63) is 60.2 Å². The van der Waals surface area contributed by atoms with Crippen LogP contribution in [0.5, 0.6) is 0 Å². The molecule has 1 aliphatic rings. The fourth-order valence-electron chi connectivity index (χ4n) is 2.88. The van der Waals surface area contributed by atoms with Crippen LogP contribution in [0.1, 0.15) is 10.4 Å². The average molecular weight is 354 g/mol. The van der Waals surface area contributed by atoms with Crippen molar-refractivity contribution < 1.29 is 19.4 Å². The normalized spacial score (nSPS) is 15.3. The third-order valence-electron chi connectivity index (χ3n) is 4.36. The van der Waals surface area contributed by atoms with Gasteiger partial charge in [0.05, 0.1) is 19.8 Å². The van der Waals surface area contributed by atoms with Gasteiger partial charge < -0.3 is 20.1 Å². The highest BCUT2D eigenvalue weighted by Crippen LogP contribution is 2.19. The largest absolute Gasteiger partial charge is 0.394 e. The molecule has 3 rings (SSSR count). The van der Waals surface area contributed by atoms with Crippen LogP contribution in [-0.2, 0) is 9.53 Å². The second-order valence-corrected chi connectivity index (χ2v) is 6.09. The van der Waals surface area contributed by atoms with Gasteiger partial charge in [-0.3, -0.25) is 9.59 Å². The van der Waals surface area contributed by atoms with E-state index in [-0.39, 0.29) is 11.8 Å². The Bertz CT molecular complexity index is 740. The molecular formula is C20H22N2O4. The summed E-state index contributed by atoms with van der Waals surface area (Å²) < 4.78 is 5.22. The quantitative estimate of drug-likeness (QED) is 0.848. The fourth-order valence-corrected chi connectivity index (χ4v) is 2.88. The summed E-state index contributed by atoms with van der Waals surface area (Å²) >= 11 is 0. The third kappa shape index (κ3) is 4.28. The highest BCUT2D eigenvalue weighted by atomic mass is 16.5. The minimum atomic E-state index is -0.950. The number of hydrogen-bond donors (Lipinski definition) is 2. The van der Waals surface area contributed by atoms with Gasteiger partial charge in [0.1, 0.15) is 6.04 Å². The minimum absolute atomic E-state index is 0.287. The van der Waals surface area contributed by atoms with Crippen molar-refractivity contribution in [2.24, 2.45) is 0 Å². The van der Waals surface area contributed by atoms with Crippen LogP contribution in [0.3, 0.4) is 0 Å². The number of morpholine rings is 1. The van der Waals surface area contributed by atoms with E-state index >= 15 is 0 Å². The van der Waals surface area contributed by atoms with Crippen molar-refractivity contribution in [3.63, 3.8) is 0 Å². The predicted molar refractivity (Wildman–Crippen MR) is 97.6 cm³/mol. The summed E-state index contributed by atoms with van der Waals surface area (Å²) in [4.78, 5) is 26.5. The lowest BCUT2D eigenvalue weighted by Crippen LogP contribution is -2.53. The van der Waals surface area contributed by atoms with Gasteiger partial charge in [-0.25, -0.2) is 0 Å². The SMILES string of the molecule is O=C(NC(CO)C(=O)N1CCOCC1)c1ccc(-c2ccccc2)cc1. The van der Waals surface area contributed by atoms with Gasteiger partial charge >= 0.3 is 0 Å². The second kappa shape index (κ2) is 8.60. The number of ether oxygens (including phenoxy) is 1. The van der Waals surface area contributed by atoms with Crippen LogP contribution >= 0.6 is 0 Å². The van der Waals surface area contributed by atoms with Crippen molar-refractivity contribution >= 4 is 11.8 Å². The Kier molecular flexibility index (Phi) is 5.99. The first-order valence-corrected chi connectivity index (χ1v) is 8.63. The van der Waals surface area contributed by atoms with E-state index in [4.69, 9.17) is 4.74 Å². The van der Waals surface area contributed by atoms with Crippen LogP contribution in [0.4, 0.5) is 0 Å². The molecule has 0 radical (unpaired) electrons. The Morgan fingerprint density at radius 3 is 2.23 bits per heavy atom. The first-order valence-electron chi connectivity index (χ1n) is 8.63. The zero-order valence-electron chi connectivity index (χ0n) is 14.4. The molecule has 2 amide bonds. The maximum absolute atomic E-state index is 12.4. The topological polar surface area (TPSA) is 78.9 Å². The van der Waals surface area contributed by atoms with E-state index in [0.29, 0.717) is 31.9 Å². The molecule has 0 aliphatic carbocycles. The molecule has 26 heavy (non-hydrogen) atoms. The summed E-state index contributed by atoms with van der Waals surface area (Å²) in [6.45, 7) is 1.44. The first kappa shape index (κ1) is 18.1. The van der Waals surface area contributed by atoms with Gasteiger partial charge in [0.25, 0.3) is 5.91 Å². The number of rotatable bonds is 5. The molecule has 6 heteroatoms. The molecule has 0 bridgehead atoms. The molecule has 1 unspecified atom stereocenters. The van der Waals surface area contributed by atoms with E-state index < -0.39 is 12.6 Å². The summed E-state index contributed by atoms with van der Waals surface area (Å²) in [5.41, 5.74) is 2.51. The van der Waals surface area contributed by atoms with Crippen LogP contribution in [0.15, 0.2) is 54.6 Å². The summed E-state index contributed by atoms with van der Waals surface area (Å²) in [5.74, 6) is -0.671. The molecule has 136 valence electrons. The van der Waals surface area contributed by atoms with Gasteiger partial charge in [-0.05, 0) is 23.3 Å². The zero-order chi connectivity index (χ0) is 18.4. The fraction of sp³-hybridized carbons (Fsp3) is 0.300. The van der Waals surface area contributed by atoms with E-state index in [1.807, 2.05) is 42.5 Å². The van der Waals surface area contributed by atoms with E-state index in [9.17, 15) is 14.7 Å². The third-order valence-corrected chi connectivity index (χ3v) is 4.36. The Morgan fingerprint density at radius 1 is 1.00 bits per heavy atom. The molecule has 1 aliphatic heterocycles. The van der Waals surface area contributed by atoms with Crippen molar-refractivity contribution in [2.75, 3.05) is 32.9 Å². The van der Waals surface area contributed by atoms with Crippen LogP contribution in [0.2, 0.25) is 0 Å². The molecule has 0 spiro atoms. The first-order chi connectivity index (χ1) is 12.7. The summed E-state index contributed by atoms with van der Waals surface area (Å²) in [6, 6.07) is 16.1. The highest BCUT2D eigenvalue weighted by molar-refractivity contribution is 5.98. The van der Waals surface area contributed by atoms with E-state index in [2.05, 4.69) is 5.32 Å². The predicted octanol–water partition coefficient (Wildman–Crippen LogP) is 1.30. The van der Waals surface area contributed by atoms with Gasteiger partial charge in [-0.2, -0.15) is 0 Å². The number of nitrogens with zero attached hydrogens (tertiary/aromatic N) is 1. The number of nitrogens with one attached hydrogen (secondary N) is 1. The minimum Gasteiger partial charge on any atom is -0.394 e. The second-order valence-electron chi connectivity index (χ2n) is 6.09. The lowest BCUT2D eigenvalue weighted by Gasteiger charge is -2.30. The van der Waals surface area contributed by atoms with E-state index in [1.54, 1.807) is 17.0 Å². The van der Waals surface area contributed by atoms with Gasteiger partial charge in [0, 0.05) is 18.7 Å². The van der Waals surface area contributed by atoms with Crippen LogP contribution < -0.4 is 5.32 Å². The Morgan fingerprint density at radius 2 is 1.62 bits per heavy atom. The summed E-state index contributed by atoms with van der Waals surface area (Å²) in [7, 11) is 0. The monoisotopic (exact) mass is 354 g/mol. The van der Waals surface area contributed by atoms with Crippen LogP contribution in [0, 0.1) is 0 Å². The van der Waals surface area contributed by atoms with Gasteiger partial charge in [-0.15, -0.1) is 0 Å². The molecule has 2 aromatic rings. The molecule has 2 N–H and O–H groups in total. The lowest BCUT2D eigenvalue weighted by molar-refractivity contribution is -0.138. The van der Waals surface area contributed by atoms with Crippen LogP contribution in [0.25, 0.3) is 11.1 Å². The molecule has 1 heterocycles. The molecular weight excluding hydrogens is 332 g/mol. The van der Waals surface area contributed by atoms with Gasteiger partial charge in [-0.1, -0.05) is 42.5 Å². The molecule has 0 aromatic heterocycles. The zero-order valence-corrected chi connectivity index (χ0v) is 14.4. The summed E-state index contributed by atoms with van der Waals surface area (Å²) in [6.07, 6.45) is 0. The smallest absolute Gasteiger partial charge is 0.251 e. The maximum atomic E-state index is 12.4. The number of aliphatic hydroxyl groups excluding tert-OH is 1. The number of aliphatic hydroxyl groups is 1. The van der Waals surface area contributed by atoms with Crippen molar-refractivity contribution in [3.8, 4) is 11.1 Å². The number of carbonyl (C=O) groups excluding carboxylic acids is 2. The van der Waals surface area contributed by atoms with E-state index in [1.165, 1.54) is 0 Å². The summed E-state index contributed by atoms with van der Waals surface area (Å²) in [5, 5.41) is 12.1. The average Bonchev–Trinajstić information content (AvgIpc) is 2.72. The molecule has 1 fully saturated rings. The molecule has 1 saturated heterocycles. The van der Waals surface area contributed by atoms with Crippen molar-refractivity contribution in [1.29, 1.82) is 0 Å². The van der Waals surface area contributed by atoms with Gasteiger partial charge in [0.2, 0.25) is 5.91 Å². The Balaban J connectivity index is 1.65. The van der Waals surface area contributed by atoms with Gasteiger partial charge in [0.15, 0.2) is 0 Å². The van der Waals surface area contributed by atoms with E-state index in [0.717, 1.165) is 11.1 Å². The number of benzene rings is 2. The number of amides is 2. The molecule has 2 aromatic carbocycles. The number of carbonyl (C=O) groups is 2. The molecule has 0 saturated carbocycles. The standard InChI is InChI=1S/C20H22N2O4/c23-14-18(20(25)22-10-12-26-13-11-22)21-19(24)17-8-6-16(7-9-17)15-4-2-1-3-5-15/h1-9,18,23H,10-14H2,(H,21,24). The Hall–Kier alpha value is -2.70. The maximum Gasteiger partial charge on any atom is 0.251 e. The molecule has 6 nitrogen and oxygen atoms in total. The molecule has 1 atom stereocenters. The lowest BCUT2D eigenvalue weighted by atomic mass is 10.0. The van der Waals surface area contributed by atoms with Crippen molar-refractivity contribution in [2.45, 2.75) is 6.04 Å².